The summed E-state index contributed by atoms with van der Waals surface area (Å²) in [5.41, 5.74) is 0. The van der Waals surface area contributed by atoms with Crippen LogP contribution >= 0.6 is 0 Å². The molecule has 2 rings (SSSR count). The Morgan fingerprint density at radius 2 is 1.57 bits per heavy atom. The van der Waals surface area contributed by atoms with Crippen molar-refractivity contribution in [3.05, 3.63) is 0 Å². The van der Waals surface area contributed by atoms with Gasteiger partial charge in [0.15, 0.2) is 0 Å². The van der Waals surface area contributed by atoms with Gasteiger partial charge in [0.25, 0.3) is 0 Å². The molecule has 0 unspecified atom stereocenters. The SMILES string of the molecule is C1CC[C@H]2[18O][C@H]2C1. The monoisotopic (exact) mass is 100 g/mol. The largest absolute Gasteiger partial charge is 0.370 e. The van der Waals surface area contributed by atoms with Crippen LogP contribution < -0.4 is 0 Å². The molecule has 2 fully saturated rings. The number of ether oxygens (including phenoxy) is 1. The molecule has 1 nitrogen and oxygen atoms in total. The van der Waals surface area contributed by atoms with Crippen molar-refractivity contribution in [3.63, 3.8) is 0 Å². The van der Waals surface area contributed by atoms with Gasteiger partial charge in [-0.3, -0.25) is 0 Å². The first-order valence-electron chi connectivity index (χ1n) is 3.12. The van der Waals surface area contributed by atoms with E-state index in [4.69, 9.17) is 4.74 Å². The van der Waals surface area contributed by atoms with Crippen LogP contribution in [0.1, 0.15) is 25.7 Å². The molecule has 40 valence electrons. The van der Waals surface area contributed by atoms with Crippen LogP contribution in [0.3, 0.4) is 0 Å². The number of hydrogen-bond acceptors (Lipinski definition) is 1. The Labute approximate surface area is 43.7 Å². The van der Waals surface area contributed by atoms with Gasteiger partial charge in [-0.2, -0.15) is 0 Å². The van der Waals surface area contributed by atoms with Gasteiger partial charge in [-0.15, -0.1) is 0 Å². The minimum atomic E-state index is 0.703. The van der Waals surface area contributed by atoms with E-state index in [1.807, 2.05) is 0 Å². The van der Waals surface area contributed by atoms with Crippen LogP contribution in [-0.4, -0.2) is 12.2 Å². The van der Waals surface area contributed by atoms with Gasteiger partial charge in [-0.05, 0) is 12.8 Å². The summed E-state index contributed by atoms with van der Waals surface area (Å²) in [4.78, 5) is 0. The lowest BCUT2D eigenvalue weighted by atomic mass is 10.0. The maximum absolute atomic E-state index is 5.28. The minimum absolute atomic E-state index is 0.703. The summed E-state index contributed by atoms with van der Waals surface area (Å²) < 4.78 is 5.28. The molecular formula is C6H10O. The average molecular weight is 100 g/mol. The molecule has 0 amide bonds. The summed E-state index contributed by atoms with van der Waals surface area (Å²) >= 11 is 0. The molecule has 0 aromatic heterocycles. The molecule has 0 N–H and O–H groups in total. The van der Waals surface area contributed by atoms with Crippen LogP contribution in [0.15, 0.2) is 0 Å². The lowest BCUT2D eigenvalue weighted by Gasteiger charge is -2.00. The maximum atomic E-state index is 5.28. The Kier molecular flexibility index (Phi) is 0.680. The number of fused-ring (bicyclic) bond motifs is 1. The molecule has 0 aromatic rings. The Morgan fingerprint density at radius 3 is 2.00 bits per heavy atom. The van der Waals surface area contributed by atoms with Gasteiger partial charge in [-0.25, -0.2) is 0 Å². The van der Waals surface area contributed by atoms with E-state index in [0.717, 1.165) is 0 Å². The Bertz CT molecular complexity index is 70.2. The highest BCUT2D eigenvalue weighted by atomic mass is 18.4. The van der Waals surface area contributed by atoms with Crippen molar-refractivity contribution in [1.82, 2.24) is 0 Å². The zero-order valence-electron chi connectivity index (χ0n) is 4.39. The van der Waals surface area contributed by atoms with E-state index in [-0.39, 0.29) is 0 Å². The van der Waals surface area contributed by atoms with Crippen molar-refractivity contribution < 1.29 is 4.74 Å². The molecule has 1 aliphatic carbocycles. The Hall–Kier alpha value is -0.0400. The van der Waals surface area contributed by atoms with Crippen molar-refractivity contribution in [3.8, 4) is 0 Å². The van der Waals surface area contributed by atoms with Gasteiger partial charge in [-0.1, -0.05) is 12.8 Å². The third-order valence-electron chi connectivity index (χ3n) is 1.91. The first-order chi connectivity index (χ1) is 3.47. The molecular weight excluding hydrogens is 90.1 g/mol. The predicted molar refractivity (Wildman–Crippen MR) is 27.1 cm³/mol. The quantitative estimate of drug-likeness (QED) is 0.330. The second-order valence-electron chi connectivity index (χ2n) is 2.50. The number of hydrogen-bond donors (Lipinski definition) is 0. The Morgan fingerprint density at radius 1 is 1.00 bits per heavy atom. The van der Waals surface area contributed by atoms with Crippen molar-refractivity contribution in [2.75, 3.05) is 0 Å². The van der Waals surface area contributed by atoms with Crippen LogP contribution in [0.5, 0.6) is 0 Å². The molecule has 1 heteroatoms. The zero-order valence-corrected chi connectivity index (χ0v) is 4.39. The first-order valence-corrected chi connectivity index (χ1v) is 3.12. The van der Waals surface area contributed by atoms with Crippen molar-refractivity contribution in [2.45, 2.75) is 37.9 Å². The van der Waals surface area contributed by atoms with E-state index >= 15 is 0 Å². The van der Waals surface area contributed by atoms with Gasteiger partial charge < -0.3 is 4.74 Å². The highest BCUT2D eigenvalue weighted by Gasteiger charge is 2.39. The fourth-order valence-corrected chi connectivity index (χ4v) is 1.38. The molecule has 2 atom stereocenters. The van der Waals surface area contributed by atoms with Crippen LogP contribution in [0.25, 0.3) is 0 Å². The standard InChI is InChI=1S/C6H10O/c1-2-4-6-5(3-1)7-6/h5-6H,1-4H2/t5-,6+/i7+2. The van der Waals surface area contributed by atoms with Crippen molar-refractivity contribution in [1.29, 1.82) is 0 Å². The molecule has 7 heavy (non-hydrogen) atoms. The highest BCUT2D eigenvalue weighted by Crippen LogP contribution is 2.35. The van der Waals surface area contributed by atoms with Crippen LogP contribution in [-0.2, 0) is 4.74 Å². The molecule has 1 aliphatic heterocycles. The fourth-order valence-electron chi connectivity index (χ4n) is 1.38. The summed E-state index contributed by atoms with van der Waals surface area (Å²) in [6.45, 7) is 0. The van der Waals surface area contributed by atoms with E-state index in [1.54, 1.807) is 0 Å². The number of rotatable bonds is 0. The van der Waals surface area contributed by atoms with E-state index in [1.165, 1.54) is 25.7 Å². The molecule has 1 saturated heterocycles. The van der Waals surface area contributed by atoms with E-state index < -0.39 is 0 Å². The topological polar surface area (TPSA) is 12.5 Å². The van der Waals surface area contributed by atoms with Gasteiger partial charge >= 0.3 is 0 Å². The van der Waals surface area contributed by atoms with Crippen LogP contribution in [0, 0.1) is 0 Å². The lowest BCUT2D eigenvalue weighted by molar-refractivity contribution is 0.373. The van der Waals surface area contributed by atoms with E-state index in [2.05, 4.69) is 0 Å². The maximum Gasteiger partial charge on any atom is 0.0841 e. The van der Waals surface area contributed by atoms with Gasteiger partial charge in [0.1, 0.15) is 0 Å². The second-order valence-corrected chi connectivity index (χ2v) is 2.50. The third kappa shape index (κ3) is 0.556. The van der Waals surface area contributed by atoms with E-state index in [9.17, 15) is 0 Å². The predicted octanol–water partition coefficient (Wildman–Crippen LogP) is 1.33. The Balaban J connectivity index is 1.95. The average Bonchev–Trinajstić information content (AvgIpc) is 2.41. The summed E-state index contributed by atoms with van der Waals surface area (Å²) in [7, 11) is 0. The number of epoxide rings is 1. The van der Waals surface area contributed by atoms with Gasteiger partial charge in [0, 0.05) is 0 Å². The molecule has 0 aromatic carbocycles. The fraction of sp³-hybridized carbons (Fsp3) is 1.00. The van der Waals surface area contributed by atoms with Crippen molar-refractivity contribution in [2.24, 2.45) is 0 Å². The summed E-state index contributed by atoms with van der Waals surface area (Å²) in [5.74, 6) is 0. The minimum Gasteiger partial charge on any atom is -0.370 e. The van der Waals surface area contributed by atoms with Crippen molar-refractivity contribution >= 4 is 0 Å². The molecule has 0 bridgehead atoms. The molecule has 0 spiro atoms. The third-order valence-corrected chi connectivity index (χ3v) is 1.91. The summed E-state index contributed by atoms with van der Waals surface area (Å²) in [6.07, 6.45) is 6.89. The highest BCUT2D eigenvalue weighted by molar-refractivity contribution is 4.87. The van der Waals surface area contributed by atoms with Crippen LogP contribution in [0.2, 0.25) is 0 Å². The molecule has 1 saturated carbocycles. The molecule has 1 heterocycles. The van der Waals surface area contributed by atoms with Gasteiger partial charge in [0.05, 0.1) is 12.2 Å². The van der Waals surface area contributed by atoms with Crippen LogP contribution in [0.4, 0.5) is 0 Å². The second kappa shape index (κ2) is 1.22. The molecule has 2 aliphatic rings. The smallest absolute Gasteiger partial charge is 0.0841 e. The summed E-state index contributed by atoms with van der Waals surface area (Å²) in [6, 6.07) is 0. The summed E-state index contributed by atoms with van der Waals surface area (Å²) in [5, 5.41) is 0. The molecule has 0 radical (unpaired) electrons. The lowest BCUT2D eigenvalue weighted by Crippen LogP contribution is -2.00. The van der Waals surface area contributed by atoms with Gasteiger partial charge in [0.2, 0.25) is 0 Å². The zero-order chi connectivity index (χ0) is 4.69. The first kappa shape index (κ1) is 3.90. The normalized spacial score (nSPS) is 48.0. The van der Waals surface area contributed by atoms with E-state index in [0.29, 0.717) is 12.2 Å².